The number of hydrazine groups is 1. The molecule has 0 saturated heterocycles. The Morgan fingerprint density at radius 3 is 2.60 bits per heavy atom. The minimum atomic E-state index is -0.300. The lowest BCUT2D eigenvalue weighted by molar-refractivity contribution is 0.529. The van der Waals surface area contributed by atoms with E-state index in [-0.39, 0.29) is 11.9 Å². The van der Waals surface area contributed by atoms with E-state index in [0.29, 0.717) is 22.0 Å². The third kappa shape index (κ3) is 3.83. The van der Waals surface area contributed by atoms with E-state index in [2.05, 4.69) is 28.0 Å². The maximum Gasteiger partial charge on any atom is 0.126 e. The smallest absolute Gasteiger partial charge is 0.126 e. The van der Waals surface area contributed by atoms with Gasteiger partial charge in [0.1, 0.15) is 5.82 Å². The van der Waals surface area contributed by atoms with E-state index in [1.54, 1.807) is 6.07 Å². The number of rotatable bonds is 4. The van der Waals surface area contributed by atoms with Crippen LogP contribution in [0, 0.1) is 9.39 Å². The van der Waals surface area contributed by atoms with Crippen molar-refractivity contribution in [2.45, 2.75) is 12.5 Å². The van der Waals surface area contributed by atoms with Crippen molar-refractivity contribution in [2.24, 2.45) is 5.84 Å². The van der Waals surface area contributed by atoms with Gasteiger partial charge >= 0.3 is 0 Å². The molecule has 2 aromatic carbocycles. The normalized spacial score (nSPS) is 12.4. The van der Waals surface area contributed by atoms with E-state index in [1.165, 1.54) is 12.1 Å². The summed E-state index contributed by atoms with van der Waals surface area (Å²) in [6.45, 7) is 0. The molecule has 0 saturated carbocycles. The highest BCUT2D eigenvalue weighted by Crippen LogP contribution is 2.26. The fourth-order valence-corrected chi connectivity index (χ4v) is 2.64. The number of benzene rings is 2. The average molecular weight is 425 g/mol. The Morgan fingerprint density at radius 1 is 1.20 bits per heavy atom. The van der Waals surface area contributed by atoms with Crippen LogP contribution in [-0.2, 0) is 6.42 Å². The average Bonchev–Trinajstić information content (AvgIpc) is 2.43. The lowest BCUT2D eigenvalue weighted by Gasteiger charge is -2.17. The van der Waals surface area contributed by atoms with Crippen LogP contribution >= 0.6 is 45.8 Å². The van der Waals surface area contributed by atoms with Crippen molar-refractivity contribution in [3.63, 3.8) is 0 Å². The number of nitrogens with two attached hydrogens (primary N) is 1. The monoisotopic (exact) mass is 424 g/mol. The van der Waals surface area contributed by atoms with Crippen LogP contribution in [0.5, 0.6) is 0 Å². The third-order valence-electron chi connectivity index (χ3n) is 2.98. The molecule has 6 heteroatoms. The van der Waals surface area contributed by atoms with E-state index in [1.807, 2.05) is 18.2 Å². The largest absolute Gasteiger partial charge is 0.271 e. The zero-order valence-corrected chi connectivity index (χ0v) is 14.0. The van der Waals surface area contributed by atoms with Gasteiger partial charge in [-0.25, -0.2) is 4.39 Å². The number of halogens is 4. The maximum absolute atomic E-state index is 13.8. The summed E-state index contributed by atoms with van der Waals surface area (Å²) in [6, 6.07) is 9.89. The van der Waals surface area contributed by atoms with Crippen LogP contribution in [0.3, 0.4) is 0 Å². The SMILES string of the molecule is NNC(Cc1cc(Cl)ccc1F)c1ccc(I)c(Cl)c1. The van der Waals surface area contributed by atoms with Gasteiger partial charge < -0.3 is 0 Å². The second-order valence-corrected chi connectivity index (χ2v) is 6.34. The predicted molar refractivity (Wildman–Crippen MR) is 89.3 cm³/mol. The van der Waals surface area contributed by atoms with Crippen LogP contribution in [-0.4, -0.2) is 0 Å². The molecule has 0 aliphatic heterocycles. The lowest BCUT2D eigenvalue weighted by Crippen LogP contribution is -2.29. The molecule has 0 aromatic heterocycles. The minimum absolute atomic E-state index is 0.238. The summed E-state index contributed by atoms with van der Waals surface area (Å²) in [6.07, 6.45) is 0.389. The molecule has 1 atom stereocenters. The lowest BCUT2D eigenvalue weighted by atomic mass is 9.99. The summed E-state index contributed by atoms with van der Waals surface area (Å²) >= 11 is 14.1. The van der Waals surface area contributed by atoms with Gasteiger partial charge in [-0.2, -0.15) is 0 Å². The Hall–Kier alpha value is -0.400. The molecule has 0 radical (unpaired) electrons. The molecular weight excluding hydrogens is 413 g/mol. The molecule has 2 nitrogen and oxygen atoms in total. The molecule has 0 bridgehead atoms. The van der Waals surface area contributed by atoms with E-state index >= 15 is 0 Å². The Balaban J connectivity index is 2.28. The molecular formula is C14H12Cl2FIN2. The zero-order valence-electron chi connectivity index (χ0n) is 10.3. The third-order valence-corrected chi connectivity index (χ3v) is 4.79. The van der Waals surface area contributed by atoms with Gasteiger partial charge in [-0.3, -0.25) is 11.3 Å². The van der Waals surface area contributed by atoms with Crippen LogP contribution in [0.25, 0.3) is 0 Å². The van der Waals surface area contributed by atoms with Gasteiger partial charge in [0.25, 0.3) is 0 Å². The topological polar surface area (TPSA) is 38.0 Å². The van der Waals surface area contributed by atoms with Crippen LogP contribution < -0.4 is 11.3 Å². The first-order valence-corrected chi connectivity index (χ1v) is 7.69. The molecule has 106 valence electrons. The zero-order chi connectivity index (χ0) is 14.7. The second-order valence-electron chi connectivity index (χ2n) is 4.33. The van der Waals surface area contributed by atoms with Gasteiger partial charge in [0.05, 0.1) is 11.1 Å². The van der Waals surface area contributed by atoms with E-state index in [0.717, 1.165) is 9.13 Å². The van der Waals surface area contributed by atoms with Crippen molar-refractivity contribution in [1.82, 2.24) is 5.43 Å². The van der Waals surface area contributed by atoms with Gasteiger partial charge in [0, 0.05) is 8.59 Å². The van der Waals surface area contributed by atoms with Crippen molar-refractivity contribution < 1.29 is 4.39 Å². The fourth-order valence-electron chi connectivity index (χ4n) is 1.92. The van der Waals surface area contributed by atoms with Crippen molar-refractivity contribution in [1.29, 1.82) is 0 Å². The van der Waals surface area contributed by atoms with Crippen molar-refractivity contribution in [3.05, 3.63) is 67.0 Å². The van der Waals surface area contributed by atoms with Gasteiger partial charge in [-0.15, -0.1) is 0 Å². The van der Waals surface area contributed by atoms with Crippen LogP contribution in [0.1, 0.15) is 17.2 Å². The molecule has 2 aromatic rings. The van der Waals surface area contributed by atoms with Crippen molar-refractivity contribution in [3.8, 4) is 0 Å². The molecule has 0 aliphatic carbocycles. The summed E-state index contributed by atoms with van der Waals surface area (Å²) in [5, 5.41) is 1.15. The van der Waals surface area contributed by atoms with Gasteiger partial charge in [0.2, 0.25) is 0 Å². The predicted octanol–water partition coefficient (Wildman–Crippen LogP) is 4.48. The quantitative estimate of drug-likeness (QED) is 0.431. The molecule has 0 amide bonds. The second kappa shape index (κ2) is 7.04. The summed E-state index contributed by atoms with van der Waals surface area (Å²) in [7, 11) is 0. The first kappa shape index (κ1) is 16.0. The maximum atomic E-state index is 13.8. The van der Waals surface area contributed by atoms with E-state index in [9.17, 15) is 4.39 Å². The summed E-state index contributed by atoms with van der Waals surface area (Å²) in [5.41, 5.74) is 4.10. The molecule has 0 heterocycles. The van der Waals surface area contributed by atoms with E-state index in [4.69, 9.17) is 29.0 Å². The molecule has 20 heavy (non-hydrogen) atoms. The summed E-state index contributed by atoms with van der Waals surface area (Å²) < 4.78 is 14.7. The van der Waals surface area contributed by atoms with Crippen LogP contribution in [0.2, 0.25) is 10.0 Å². The minimum Gasteiger partial charge on any atom is -0.271 e. The molecule has 0 fully saturated rings. The Kier molecular flexibility index (Phi) is 5.63. The molecule has 0 aliphatic rings. The highest BCUT2D eigenvalue weighted by molar-refractivity contribution is 14.1. The van der Waals surface area contributed by atoms with Gasteiger partial charge in [0.15, 0.2) is 0 Å². The molecule has 1 unspecified atom stereocenters. The fraction of sp³-hybridized carbons (Fsp3) is 0.143. The number of hydrogen-bond donors (Lipinski definition) is 2. The number of nitrogens with one attached hydrogen (secondary N) is 1. The molecule has 3 N–H and O–H groups in total. The summed E-state index contributed by atoms with van der Waals surface area (Å²) in [4.78, 5) is 0. The standard InChI is InChI=1S/C14H12Cl2FIN2/c15-10-2-3-12(17)9(5-10)7-14(20-19)8-1-4-13(18)11(16)6-8/h1-6,14,20H,7,19H2. The Labute approximate surface area is 140 Å². The van der Waals surface area contributed by atoms with Crippen molar-refractivity contribution in [2.75, 3.05) is 0 Å². The van der Waals surface area contributed by atoms with Gasteiger partial charge in [-0.1, -0.05) is 29.3 Å². The van der Waals surface area contributed by atoms with E-state index < -0.39 is 0 Å². The van der Waals surface area contributed by atoms with Crippen LogP contribution in [0.4, 0.5) is 4.39 Å². The highest BCUT2D eigenvalue weighted by atomic mass is 127. The highest BCUT2D eigenvalue weighted by Gasteiger charge is 2.14. The first-order valence-electron chi connectivity index (χ1n) is 5.86. The van der Waals surface area contributed by atoms with Crippen LogP contribution in [0.15, 0.2) is 36.4 Å². The first-order chi connectivity index (χ1) is 9.51. The molecule has 2 rings (SSSR count). The van der Waals surface area contributed by atoms with Crippen molar-refractivity contribution >= 4 is 45.8 Å². The molecule has 0 spiro atoms. The Bertz CT molecular complexity index is 622. The summed E-state index contributed by atoms with van der Waals surface area (Å²) in [5.74, 6) is 5.28. The van der Waals surface area contributed by atoms with Gasteiger partial charge in [-0.05, 0) is 70.5 Å². The Morgan fingerprint density at radius 2 is 1.95 bits per heavy atom. The number of hydrogen-bond acceptors (Lipinski definition) is 2.